The molecular weight excluding hydrogens is 173 g/mol. The number of nitrogens with zero attached hydrogens (tertiary/aromatic N) is 1. The minimum atomic E-state index is -1.45. The average molecular weight is 183 g/mol. The molecule has 1 aromatic rings. The maximum absolute atomic E-state index is 13.1. The average Bonchev–Trinajstić information content (AvgIpc) is 2.04. The van der Waals surface area contributed by atoms with E-state index in [-0.39, 0.29) is 12.0 Å². The van der Waals surface area contributed by atoms with Crippen LogP contribution in [0.2, 0.25) is 0 Å². The molecule has 0 saturated heterocycles. The Bertz CT molecular complexity index is 312. The smallest absolute Gasteiger partial charge is 0.147 e. The molecule has 1 heterocycles. The van der Waals surface area contributed by atoms with Crippen LogP contribution < -0.4 is 0 Å². The third-order valence-corrected chi connectivity index (χ3v) is 1.83. The number of carbonyl (C=O) groups excluding carboxylic acids is 1. The van der Waals surface area contributed by atoms with Gasteiger partial charge in [-0.25, -0.2) is 4.39 Å². The third-order valence-electron chi connectivity index (χ3n) is 1.83. The molecule has 0 radical (unpaired) electrons. The number of aliphatic hydroxyl groups is 1. The quantitative estimate of drug-likeness (QED) is 0.711. The van der Waals surface area contributed by atoms with Gasteiger partial charge in [-0.2, -0.15) is 0 Å². The summed E-state index contributed by atoms with van der Waals surface area (Å²) in [5, 5.41) is 9.67. The van der Waals surface area contributed by atoms with Gasteiger partial charge in [0, 0.05) is 18.2 Å². The molecule has 0 saturated carbocycles. The highest BCUT2D eigenvalue weighted by Gasteiger charge is 2.25. The molecule has 13 heavy (non-hydrogen) atoms. The van der Waals surface area contributed by atoms with Crippen LogP contribution in [0.1, 0.15) is 18.9 Å². The number of hydrogen-bond acceptors (Lipinski definition) is 3. The maximum atomic E-state index is 13.1. The van der Waals surface area contributed by atoms with Crippen molar-refractivity contribution in [3.05, 3.63) is 29.8 Å². The van der Waals surface area contributed by atoms with Gasteiger partial charge >= 0.3 is 0 Å². The number of halogens is 1. The first-order valence-electron chi connectivity index (χ1n) is 3.84. The van der Waals surface area contributed by atoms with Crippen LogP contribution in [0.25, 0.3) is 0 Å². The Labute approximate surface area is 75.2 Å². The maximum Gasteiger partial charge on any atom is 0.147 e. The Morgan fingerprint density at radius 2 is 2.46 bits per heavy atom. The van der Waals surface area contributed by atoms with Gasteiger partial charge in [0.1, 0.15) is 12.1 Å². The molecular formula is C9H10FNO2. The van der Waals surface area contributed by atoms with E-state index in [0.717, 1.165) is 6.20 Å². The molecule has 1 N–H and O–H groups in total. The van der Waals surface area contributed by atoms with Gasteiger partial charge < -0.3 is 9.90 Å². The van der Waals surface area contributed by atoms with Gasteiger partial charge in [0.05, 0.1) is 11.8 Å². The highest BCUT2D eigenvalue weighted by molar-refractivity contribution is 5.52. The van der Waals surface area contributed by atoms with Gasteiger partial charge in [0.15, 0.2) is 0 Å². The number of carbonyl (C=O) groups is 1. The Morgan fingerprint density at radius 3 is 3.00 bits per heavy atom. The molecule has 0 aliphatic carbocycles. The molecule has 1 unspecified atom stereocenters. The number of aldehydes is 1. The molecule has 0 spiro atoms. The number of hydrogen-bond donors (Lipinski definition) is 1. The fourth-order valence-electron chi connectivity index (χ4n) is 1.08. The van der Waals surface area contributed by atoms with Crippen molar-refractivity contribution in [2.24, 2.45) is 0 Å². The van der Waals surface area contributed by atoms with Gasteiger partial charge in [-0.1, -0.05) is 0 Å². The van der Waals surface area contributed by atoms with E-state index in [0.29, 0.717) is 6.29 Å². The molecule has 0 aliphatic rings. The Hall–Kier alpha value is -1.29. The van der Waals surface area contributed by atoms with Gasteiger partial charge in [-0.05, 0) is 13.0 Å². The lowest BCUT2D eigenvalue weighted by molar-refractivity contribution is -0.112. The highest BCUT2D eigenvalue weighted by Crippen LogP contribution is 2.24. The Kier molecular flexibility index (Phi) is 2.72. The van der Waals surface area contributed by atoms with Gasteiger partial charge in [-0.15, -0.1) is 0 Å². The molecule has 0 aliphatic heterocycles. The van der Waals surface area contributed by atoms with Crippen LogP contribution >= 0.6 is 0 Å². The molecule has 70 valence electrons. The summed E-state index contributed by atoms with van der Waals surface area (Å²) in [5.41, 5.74) is -1.36. The molecule has 0 fully saturated rings. The van der Waals surface area contributed by atoms with Crippen LogP contribution in [0.15, 0.2) is 18.5 Å². The monoisotopic (exact) mass is 183 g/mol. The van der Waals surface area contributed by atoms with Crippen molar-refractivity contribution in [2.45, 2.75) is 18.9 Å². The van der Waals surface area contributed by atoms with Crippen LogP contribution in [-0.4, -0.2) is 16.4 Å². The van der Waals surface area contributed by atoms with E-state index in [1.807, 2.05) is 0 Å². The Balaban J connectivity index is 3.06. The molecule has 1 rings (SSSR count). The van der Waals surface area contributed by atoms with E-state index in [1.54, 1.807) is 0 Å². The zero-order valence-electron chi connectivity index (χ0n) is 7.20. The molecule has 1 aromatic heterocycles. The van der Waals surface area contributed by atoms with Crippen LogP contribution in [0, 0.1) is 5.82 Å². The van der Waals surface area contributed by atoms with Crippen LogP contribution in [0.3, 0.4) is 0 Å². The van der Waals surface area contributed by atoms with E-state index in [4.69, 9.17) is 0 Å². The molecule has 1 atom stereocenters. The summed E-state index contributed by atoms with van der Waals surface area (Å²) in [4.78, 5) is 13.8. The lowest BCUT2D eigenvalue weighted by Gasteiger charge is -2.20. The van der Waals surface area contributed by atoms with Crippen molar-refractivity contribution in [3.8, 4) is 0 Å². The summed E-state index contributed by atoms with van der Waals surface area (Å²) in [5.74, 6) is -0.602. The van der Waals surface area contributed by atoms with Crippen molar-refractivity contribution < 1.29 is 14.3 Å². The second-order valence-corrected chi connectivity index (χ2v) is 3.00. The van der Waals surface area contributed by atoms with Crippen LogP contribution in [-0.2, 0) is 10.4 Å². The lowest BCUT2D eigenvalue weighted by Crippen LogP contribution is -2.23. The second-order valence-electron chi connectivity index (χ2n) is 3.00. The SMILES string of the molecule is CC(O)(CC=O)c1ccncc1F. The lowest BCUT2D eigenvalue weighted by atomic mass is 9.94. The van der Waals surface area contributed by atoms with Gasteiger partial charge in [0.2, 0.25) is 0 Å². The first-order valence-corrected chi connectivity index (χ1v) is 3.84. The molecule has 0 amide bonds. The topological polar surface area (TPSA) is 50.2 Å². The van der Waals surface area contributed by atoms with E-state index in [2.05, 4.69) is 4.98 Å². The van der Waals surface area contributed by atoms with Crippen LogP contribution in [0.4, 0.5) is 4.39 Å². The minimum Gasteiger partial charge on any atom is -0.385 e. The molecule has 0 aromatic carbocycles. The number of pyridine rings is 1. The molecule has 4 heteroatoms. The summed E-state index contributed by atoms with van der Waals surface area (Å²) in [6.45, 7) is 1.39. The van der Waals surface area contributed by atoms with Crippen molar-refractivity contribution in [1.29, 1.82) is 0 Å². The van der Waals surface area contributed by atoms with Gasteiger partial charge in [-0.3, -0.25) is 4.98 Å². The summed E-state index contributed by atoms with van der Waals surface area (Å²) < 4.78 is 13.1. The number of rotatable bonds is 3. The van der Waals surface area contributed by atoms with E-state index < -0.39 is 11.4 Å². The fourth-order valence-corrected chi connectivity index (χ4v) is 1.08. The predicted octanol–water partition coefficient (Wildman–Crippen LogP) is 1.02. The highest BCUT2D eigenvalue weighted by atomic mass is 19.1. The minimum absolute atomic E-state index is 0.0922. The van der Waals surface area contributed by atoms with Gasteiger partial charge in [0.25, 0.3) is 0 Å². The molecule has 0 bridgehead atoms. The van der Waals surface area contributed by atoms with Crippen molar-refractivity contribution >= 4 is 6.29 Å². The zero-order chi connectivity index (χ0) is 9.90. The largest absolute Gasteiger partial charge is 0.385 e. The second kappa shape index (κ2) is 3.62. The van der Waals surface area contributed by atoms with Crippen molar-refractivity contribution in [2.75, 3.05) is 0 Å². The summed E-state index contributed by atoms with van der Waals surface area (Å²) >= 11 is 0. The van der Waals surface area contributed by atoms with E-state index in [9.17, 15) is 14.3 Å². The van der Waals surface area contributed by atoms with Crippen LogP contribution in [0.5, 0.6) is 0 Å². The first-order chi connectivity index (χ1) is 6.08. The van der Waals surface area contributed by atoms with E-state index >= 15 is 0 Å². The van der Waals surface area contributed by atoms with Crippen molar-refractivity contribution in [1.82, 2.24) is 4.98 Å². The fraction of sp³-hybridized carbons (Fsp3) is 0.333. The van der Waals surface area contributed by atoms with Crippen molar-refractivity contribution in [3.63, 3.8) is 0 Å². The third kappa shape index (κ3) is 2.09. The first kappa shape index (κ1) is 9.80. The number of aromatic nitrogens is 1. The normalized spacial score (nSPS) is 15.0. The van der Waals surface area contributed by atoms with E-state index in [1.165, 1.54) is 19.2 Å². The summed E-state index contributed by atoms with van der Waals surface area (Å²) in [7, 11) is 0. The summed E-state index contributed by atoms with van der Waals surface area (Å²) in [6, 6.07) is 1.36. The standard InChI is InChI=1S/C9H10FNO2/c1-9(13,3-5-12)7-2-4-11-6-8(7)10/h2,4-6,13H,3H2,1H3. The Morgan fingerprint density at radius 1 is 1.77 bits per heavy atom. The summed E-state index contributed by atoms with van der Waals surface area (Å²) in [6.07, 6.45) is 2.81. The molecule has 3 nitrogen and oxygen atoms in total. The predicted molar refractivity (Wildman–Crippen MR) is 44.4 cm³/mol. The zero-order valence-corrected chi connectivity index (χ0v) is 7.20.